The number of rotatable bonds is 4. The predicted octanol–water partition coefficient (Wildman–Crippen LogP) is 2.53. The summed E-state index contributed by atoms with van der Waals surface area (Å²) >= 11 is 1.50. The first-order chi connectivity index (χ1) is 8.26. The van der Waals surface area contributed by atoms with Gasteiger partial charge in [-0.1, -0.05) is 30.5 Å². The molecule has 0 aliphatic carbocycles. The first-order valence-electron chi connectivity index (χ1n) is 5.04. The Labute approximate surface area is 104 Å². The Morgan fingerprint density at radius 3 is 2.82 bits per heavy atom. The molecule has 0 unspecified atom stereocenters. The van der Waals surface area contributed by atoms with Crippen LogP contribution in [0.15, 0.2) is 42.3 Å². The Balaban J connectivity index is 2.36. The van der Waals surface area contributed by atoms with Crippen molar-refractivity contribution in [2.45, 2.75) is 5.16 Å². The standard InChI is InChI=1S/C12H13N3OS/c1-9(15-8-13-12(14-15)17-3)10-6-4-5-7-11(10)16-2/h4-8H,1H2,2-3H3. The van der Waals surface area contributed by atoms with Crippen molar-refractivity contribution in [2.75, 3.05) is 13.4 Å². The minimum absolute atomic E-state index is 0.723. The fourth-order valence-electron chi connectivity index (χ4n) is 1.48. The third-order valence-electron chi connectivity index (χ3n) is 2.35. The quantitative estimate of drug-likeness (QED) is 0.778. The van der Waals surface area contributed by atoms with Crippen molar-refractivity contribution in [1.82, 2.24) is 14.8 Å². The molecule has 0 saturated carbocycles. The van der Waals surface area contributed by atoms with Crippen LogP contribution in [0, 0.1) is 0 Å². The SMILES string of the molecule is C=C(c1ccccc1OC)n1cnc(SC)n1. The number of benzene rings is 1. The van der Waals surface area contributed by atoms with Crippen molar-refractivity contribution in [1.29, 1.82) is 0 Å². The van der Waals surface area contributed by atoms with E-state index < -0.39 is 0 Å². The van der Waals surface area contributed by atoms with Crippen LogP contribution in [0.4, 0.5) is 0 Å². The minimum atomic E-state index is 0.723. The lowest BCUT2D eigenvalue weighted by Gasteiger charge is -2.09. The molecule has 1 aromatic carbocycles. The maximum Gasteiger partial charge on any atom is 0.208 e. The highest BCUT2D eigenvalue weighted by molar-refractivity contribution is 7.98. The fraction of sp³-hybridized carbons (Fsp3) is 0.167. The van der Waals surface area contributed by atoms with E-state index in [-0.39, 0.29) is 0 Å². The summed E-state index contributed by atoms with van der Waals surface area (Å²) in [6.07, 6.45) is 3.59. The molecule has 88 valence electrons. The third kappa shape index (κ3) is 2.34. The molecule has 0 bridgehead atoms. The molecule has 17 heavy (non-hydrogen) atoms. The smallest absolute Gasteiger partial charge is 0.208 e. The zero-order valence-corrected chi connectivity index (χ0v) is 10.6. The van der Waals surface area contributed by atoms with E-state index in [1.165, 1.54) is 11.8 Å². The van der Waals surface area contributed by atoms with E-state index in [9.17, 15) is 0 Å². The second kappa shape index (κ2) is 5.05. The summed E-state index contributed by atoms with van der Waals surface area (Å²) in [6.45, 7) is 4.02. The van der Waals surface area contributed by atoms with Gasteiger partial charge in [0.2, 0.25) is 5.16 Å². The Kier molecular flexibility index (Phi) is 3.49. The van der Waals surface area contributed by atoms with E-state index in [4.69, 9.17) is 4.74 Å². The number of ether oxygens (including phenoxy) is 1. The Bertz CT molecular complexity index is 536. The topological polar surface area (TPSA) is 39.9 Å². The maximum atomic E-state index is 5.29. The van der Waals surface area contributed by atoms with Crippen LogP contribution in [0.5, 0.6) is 5.75 Å². The van der Waals surface area contributed by atoms with E-state index in [2.05, 4.69) is 16.7 Å². The molecule has 0 N–H and O–H groups in total. The number of methoxy groups -OCH3 is 1. The average molecular weight is 247 g/mol. The molecule has 1 aromatic heterocycles. The molecule has 0 spiro atoms. The van der Waals surface area contributed by atoms with Crippen LogP contribution in [0.1, 0.15) is 5.56 Å². The fourth-order valence-corrected chi connectivity index (χ4v) is 1.80. The molecule has 2 aromatic rings. The van der Waals surface area contributed by atoms with Gasteiger partial charge in [0.25, 0.3) is 0 Å². The molecule has 0 saturated heterocycles. The zero-order valence-electron chi connectivity index (χ0n) is 9.75. The molecule has 1 heterocycles. The van der Waals surface area contributed by atoms with Crippen molar-refractivity contribution in [2.24, 2.45) is 0 Å². The van der Waals surface area contributed by atoms with Gasteiger partial charge >= 0.3 is 0 Å². The highest BCUT2D eigenvalue weighted by Gasteiger charge is 2.09. The lowest BCUT2D eigenvalue weighted by Crippen LogP contribution is -2.00. The molecule has 2 rings (SSSR count). The van der Waals surface area contributed by atoms with E-state index in [1.807, 2.05) is 30.5 Å². The van der Waals surface area contributed by atoms with E-state index in [0.717, 1.165) is 22.2 Å². The van der Waals surface area contributed by atoms with Crippen LogP contribution < -0.4 is 4.74 Å². The maximum absolute atomic E-state index is 5.29. The summed E-state index contributed by atoms with van der Waals surface area (Å²) in [5.74, 6) is 0.777. The van der Waals surface area contributed by atoms with Gasteiger partial charge in [-0.3, -0.25) is 0 Å². The average Bonchev–Trinajstić information content (AvgIpc) is 2.86. The molecule has 0 aliphatic rings. The van der Waals surface area contributed by atoms with Crippen LogP contribution in [-0.2, 0) is 0 Å². The van der Waals surface area contributed by atoms with Gasteiger partial charge < -0.3 is 4.74 Å². The molecule has 4 nitrogen and oxygen atoms in total. The Hall–Kier alpha value is -1.75. The van der Waals surface area contributed by atoms with Gasteiger partial charge in [-0.05, 0) is 18.4 Å². The summed E-state index contributed by atoms with van der Waals surface area (Å²) in [4.78, 5) is 4.15. The van der Waals surface area contributed by atoms with Crippen molar-refractivity contribution < 1.29 is 4.74 Å². The van der Waals surface area contributed by atoms with Gasteiger partial charge in [0.05, 0.1) is 12.8 Å². The number of aromatic nitrogens is 3. The lowest BCUT2D eigenvalue weighted by atomic mass is 10.1. The van der Waals surface area contributed by atoms with E-state index in [1.54, 1.807) is 18.1 Å². The number of para-hydroxylation sites is 1. The van der Waals surface area contributed by atoms with Crippen LogP contribution >= 0.6 is 11.8 Å². The highest BCUT2D eigenvalue weighted by Crippen LogP contribution is 2.25. The highest BCUT2D eigenvalue weighted by atomic mass is 32.2. The van der Waals surface area contributed by atoms with Gasteiger partial charge in [-0.15, -0.1) is 5.10 Å². The van der Waals surface area contributed by atoms with Gasteiger partial charge in [-0.2, -0.15) is 0 Å². The Morgan fingerprint density at radius 1 is 1.41 bits per heavy atom. The van der Waals surface area contributed by atoms with Crippen LogP contribution in [0.2, 0.25) is 0 Å². The summed E-state index contributed by atoms with van der Waals surface area (Å²) in [6, 6.07) is 7.70. The summed E-state index contributed by atoms with van der Waals surface area (Å²) in [5.41, 5.74) is 1.66. The van der Waals surface area contributed by atoms with Gasteiger partial charge in [0, 0.05) is 5.56 Å². The van der Waals surface area contributed by atoms with Gasteiger partial charge in [0.1, 0.15) is 12.1 Å². The Morgan fingerprint density at radius 2 is 2.18 bits per heavy atom. The molecular weight excluding hydrogens is 234 g/mol. The van der Waals surface area contributed by atoms with Crippen molar-refractivity contribution in [3.63, 3.8) is 0 Å². The van der Waals surface area contributed by atoms with Crippen molar-refractivity contribution in [3.8, 4) is 5.75 Å². The zero-order chi connectivity index (χ0) is 12.3. The summed E-state index contributed by atoms with van der Waals surface area (Å²) < 4.78 is 6.95. The second-order valence-corrected chi connectivity index (χ2v) is 4.10. The van der Waals surface area contributed by atoms with Crippen LogP contribution in [0.3, 0.4) is 0 Å². The van der Waals surface area contributed by atoms with E-state index >= 15 is 0 Å². The minimum Gasteiger partial charge on any atom is -0.496 e. The summed E-state index contributed by atoms with van der Waals surface area (Å²) in [5, 5.41) is 5.02. The molecule has 0 radical (unpaired) electrons. The second-order valence-electron chi connectivity index (χ2n) is 3.32. The first-order valence-corrected chi connectivity index (χ1v) is 6.27. The lowest BCUT2D eigenvalue weighted by molar-refractivity contribution is 0.413. The third-order valence-corrected chi connectivity index (χ3v) is 2.90. The molecule has 5 heteroatoms. The number of thioether (sulfide) groups is 1. The number of hydrogen-bond acceptors (Lipinski definition) is 4. The number of hydrogen-bond donors (Lipinski definition) is 0. The summed E-state index contributed by atoms with van der Waals surface area (Å²) in [7, 11) is 1.64. The van der Waals surface area contributed by atoms with Crippen LogP contribution in [-0.4, -0.2) is 28.1 Å². The molecule has 0 atom stereocenters. The normalized spacial score (nSPS) is 10.2. The molecular formula is C12H13N3OS. The largest absolute Gasteiger partial charge is 0.496 e. The van der Waals surface area contributed by atoms with Crippen molar-refractivity contribution in [3.05, 3.63) is 42.7 Å². The molecule has 0 amide bonds. The van der Waals surface area contributed by atoms with Crippen molar-refractivity contribution >= 4 is 17.5 Å². The van der Waals surface area contributed by atoms with Gasteiger partial charge in [-0.25, -0.2) is 9.67 Å². The number of nitrogens with zero attached hydrogens (tertiary/aromatic N) is 3. The first kappa shape index (κ1) is 11.7. The van der Waals surface area contributed by atoms with Gasteiger partial charge in [0.15, 0.2) is 0 Å². The predicted molar refractivity (Wildman–Crippen MR) is 69.2 cm³/mol. The van der Waals surface area contributed by atoms with E-state index in [0.29, 0.717) is 0 Å². The molecule has 0 aliphatic heterocycles. The molecule has 0 fully saturated rings. The monoisotopic (exact) mass is 247 g/mol. The van der Waals surface area contributed by atoms with Crippen LogP contribution in [0.25, 0.3) is 5.70 Å².